The molecule has 1 aliphatic rings. The van der Waals surface area contributed by atoms with E-state index in [0.29, 0.717) is 23.8 Å². The molecule has 1 aliphatic heterocycles. The Hall–Kier alpha value is -3.16. The predicted octanol–water partition coefficient (Wildman–Crippen LogP) is 8.15. The number of nitrogens with zero attached hydrogens (tertiary/aromatic N) is 1. The van der Waals surface area contributed by atoms with Crippen LogP contribution in [0, 0.1) is 5.92 Å². The summed E-state index contributed by atoms with van der Waals surface area (Å²) < 4.78 is 16.5. The van der Waals surface area contributed by atoms with Gasteiger partial charge in [0.1, 0.15) is 10.6 Å². The molecule has 3 atom stereocenters. The molecular weight excluding hydrogens is 534 g/mol. The van der Waals surface area contributed by atoms with Crippen molar-refractivity contribution in [1.82, 2.24) is 0 Å². The summed E-state index contributed by atoms with van der Waals surface area (Å²) in [6, 6.07) is 20.5. The molecule has 1 saturated heterocycles. The Labute approximate surface area is 248 Å². The van der Waals surface area contributed by atoms with Gasteiger partial charge in [-0.1, -0.05) is 57.4 Å². The summed E-state index contributed by atoms with van der Waals surface area (Å²) in [5.74, 6) is 1.04. The Morgan fingerprint density at radius 3 is 2.44 bits per heavy atom. The van der Waals surface area contributed by atoms with Gasteiger partial charge >= 0.3 is 5.97 Å². The van der Waals surface area contributed by atoms with Crippen molar-refractivity contribution in [3.05, 3.63) is 81.5 Å². The number of hydrogen-bond donors (Lipinski definition) is 0. The van der Waals surface area contributed by atoms with Crippen molar-refractivity contribution in [3.63, 3.8) is 0 Å². The lowest BCUT2D eigenvalue weighted by Crippen LogP contribution is -2.35. The number of ether oxygens (including phenoxy) is 3. The molecule has 3 aromatic rings. The normalized spacial score (nSPS) is 17.6. The number of hydrogen-bond acceptors (Lipinski definition) is 6. The average molecular weight is 578 g/mol. The van der Waals surface area contributed by atoms with Gasteiger partial charge in [-0.25, -0.2) is 4.79 Å². The lowest BCUT2D eigenvalue weighted by Gasteiger charge is -2.28. The van der Waals surface area contributed by atoms with Crippen LogP contribution in [-0.4, -0.2) is 32.1 Å². The highest BCUT2D eigenvalue weighted by atomic mass is 32.1. The third kappa shape index (κ3) is 8.20. The largest absolute Gasteiger partial charge is 0.497 e. The number of unbranched alkanes of at least 4 members (excludes halogenated alkanes) is 2. The van der Waals surface area contributed by atoms with E-state index in [0.717, 1.165) is 54.7 Å². The van der Waals surface area contributed by atoms with E-state index in [4.69, 9.17) is 14.2 Å². The molecule has 1 fully saturated rings. The predicted molar refractivity (Wildman–Crippen MR) is 165 cm³/mol. The first-order valence-corrected chi connectivity index (χ1v) is 15.6. The first kappa shape index (κ1) is 30.8. The van der Waals surface area contributed by atoms with Crippen LogP contribution in [0.25, 0.3) is 0 Å². The van der Waals surface area contributed by atoms with Crippen LogP contribution in [0.2, 0.25) is 0 Å². The van der Waals surface area contributed by atoms with E-state index in [1.54, 1.807) is 7.11 Å². The lowest BCUT2D eigenvalue weighted by atomic mass is 9.96. The zero-order valence-corrected chi connectivity index (χ0v) is 25.6. The van der Waals surface area contributed by atoms with Crippen molar-refractivity contribution < 1.29 is 23.8 Å². The van der Waals surface area contributed by atoms with Crippen LogP contribution < -0.4 is 9.64 Å². The van der Waals surface area contributed by atoms with Gasteiger partial charge in [-0.2, -0.15) is 0 Å². The Bertz CT molecular complexity index is 1250. The molecular formula is C34H43NO5S. The molecule has 0 saturated carbocycles. The van der Waals surface area contributed by atoms with Crippen molar-refractivity contribution in [3.8, 4) is 5.75 Å². The number of methoxy groups -OCH3 is 2. The number of aryl methyl sites for hydroxylation is 1. The van der Waals surface area contributed by atoms with Crippen molar-refractivity contribution in [2.45, 2.75) is 84.0 Å². The van der Waals surface area contributed by atoms with Gasteiger partial charge in [0.15, 0.2) is 0 Å². The number of amides is 1. The van der Waals surface area contributed by atoms with Crippen molar-refractivity contribution in [2.75, 3.05) is 19.1 Å². The highest BCUT2D eigenvalue weighted by molar-refractivity contribution is 7.13. The summed E-state index contributed by atoms with van der Waals surface area (Å²) in [5.41, 5.74) is 3.22. The molecule has 2 aromatic carbocycles. The quantitative estimate of drug-likeness (QED) is 0.135. The van der Waals surface area contributed by atoms with E-state index in [-0.39, 0.29) is 24.0 Å². The Morgan fingerprint density at radius 1 is 1.00 bits per heavy atom. The van der Waals surface area contributed by atoms with Crippen LogP contribution in [0.1, 0.15) is 90.6 Å². The molecule has 1 amide bonds. The Balaban J connectivity index is 1.40. The van der Waals surface area contributed by atoms with Crippen LogP contribution >= 0.6 is 11.3 Å². The first-order valence-electron chi connectivity index (χ1n) is 14.8. The lowest BCUT2D eigenvalue weighted by molar-refractivity contribution is -0.117. The minimum absolute atomic E-state index is 0.00220. The molecule has 41 heavy (non-hydrogen) atoms. The fourth-order valence-electron chi connectivity index (χ4n) is 5.60. The maximum absolute atomic E-state index is 13.1. The van der Waals surface area contributed by atoms with E-state index in [2.05, 4.69) is 38.1 Å². The molecule has 0 radical (unpaired) electrons. The van der Waals surface area contributed by atoms with E-state index >= 15 is 0 Å². The summed E-state index contributed by atoms with van der Waals surface area (Å²) in [6.07, 6.45) is 7.76. The number of esters is 1. The number of carbonyl (C=O) groups excluding carboxylic acids is 2. The van der Waals surface area contributed by atoms with E-state index in [1.807, 2.05) is 41.3 Å². The second-order valence-electron chi connectivity index (χ2n) is 10.9. The molecule has 6 nitrogen and oxygen atoms in total. The van der Waals surface area contributed by atoms with Gasteiger partial charge < -0.3 is 19.1 Å². The van der Waals surface area contributed by atoms with Gasteiger partial charge in [0.2, 0.25) is 5.91 Å². The second kappa shape index (κ2) is 15.2. The fraction of sp³-hybridized carbons (Fsp3) is 0.471. The first-order chi connectivity index (χ1) is 19.9. The SMILES string of the molecule is CCCCCC(OCc1ccc(OC)cc1)c1ccc(N2C(=O)C[C@@H](C)[C@@H]2CCCc2ccc(C(=O)OC)s2)cc1. The molecule has 1 aromatic heterocycles. The van der Waals surface area contributed by atoms with Crippen LogP contribution in [-0.2, 0) is 27.3 Å². The van der Waals surface area contributed by atoms with E-state index in [9.17, 15) is 9.59 Å². The smallest absolute Gasteiger partial charge is 0.348 e. The maximum atomic E-state index is 13.1. The maximum Gasteiger partial charge on any atom is 0.348 e. The summed E-state index contributed by atoms with van der Waals surface area (Å²) in [4.78, 5) is 28.7. The van der Waals surface area contributed by atoms with Gasteiger partial charge in [-0.3, -0.25) is 4.79 Å². The fourth-order valence-corrected chi connectivity index (χ4v) is 6.57. The summed E-state index contributed by atoms with van der Waals surface area (Å²) in [6.45, 7) is 4.93. The average Bonchev–Trinajstić information content (AvgIpc) is 3.58. The summed E-state index contributed by atoms with van der Waals surface area (Å²) in [5, 5.41) is 0. The zero-order chi connectivity index (χ0) is 29.2. The molecule has 2 heterocycles. The zero-order valence-electron chi connectivity index (χ0n) is 24.8. The van der Waals surface area contributed by atoms with Crippen LogP contribution in [0.4, 0.5) is 5.69 Å². The topological polar surface area (TPSA) is 65.1 Å². The molecule has 0 bridgehead atoms. The number of anilines is 1. The minimum Gasteiger partial charge on any atom is -0.497 e. The van der Waals surface area contributed by atoms with Crippen LogP contribution in [0.15, 0.2) is 60.7 Å². The summed E-state index contributed by atoms with van der Waals surface area (Å²) in [7, 11) is 3.08. The third-order valence-corrected chi connectivity index (χ3v) is 9.07. The van der Waals surface area contributed by atoms with Crippen molar-refractivity contribution in [1.29, 1.82) is 0 Å². The molecule has 4 rings (SSSR count). The molecule has 1 unspecified atom stereocenters. The van der Waals surface area contributed by atoms with Crippen molar-refractivity contribution >= 4 is 28.9 Å². The molecule has 0 aliphatic carbocycles. The number of benzene rings is 2. The van der Waals surface area contributed by atoms with Gasteiger partial charge in [-0.15, -0.1) is 11.3 Å². The van der Waals surface area contributed by atoms with Crippen LogP contribution in [0.5, 0.6) is 5.75 Å². The molecule has 220 valence electrons. The van der Waals surface area contributed by atoms with Gasteiger partial charge in [0, 0.05) is 23.0 Å². The number of carbonyl (C=O) groups is 2. The minimum atomic E-state index is -0.287. The Kier molecular flexibility index (Phi) is 11.4. The second-order valence-corrected chi connectivity index (χ2v) is 12.1. The van der Waals surface area contributed by atoms with E-state index < -0.39 is 0 Å². The van der Waals surface area contributed by atoms with Crippen LogP contribution in [0.3, 0.4) is 0 Å². The summed E-state index contributed by atoms with van der Waals surface area (Å²) >= 11 is 1.49. The van der Waals surface area contributed by atoms with Gasteiger partial charge in [-0.05, 0) is 79.1 Å². The highest BCUT2D eigenvalue weighted by Gasteiger charge is 2.37. The van der Waals surface area contributed by atoms with Gasteiger partial charge in [0.25, 0.3) is 0 Å². The number of thiophene rings is 1. The highest BCUT2D eigenvalue weighted by Crippen LogP contribution is 2.35. The standard InChI is InChI=1S/C34H43NO5S/c1-5-6-7-11-31(40-23-25-12-18-28(38-3)19-13-25)26-14-16-27(17-15-26)35-30(24(2)22-33(35)36)10-8-9-29-20-21-32(41-29)34(37)39-4/h12-21,24,30-31H,5-11,22-23H2,1-4H3/t24-,30+,31?/m1/s1. The van der Waals surface area contributed by atoms with E-state index in [1.165, 1.54) is 36.2 Å². The monoisotopic (exact) mass is 577 g/mol. The molecule has 0 spiro atoms. The van der Waals surface area contributed by atoms with Crippen molar-refractivity contribution in [2.24, 2.45) is 5.92 Å². The molecule has 0 N–H and O–H groups in total. The molecule has 7 heteroatoms. The third-order valence-electron chi connectivity index (χ3n) is 7.95. The Morgan fingerprint density at radius 2 is 1.76 bits per heavy atom. The van der Waals surface area contributed by atoms with Gasteiger partial charge in [0.05, 0.1) is 26.9 Å². The number of rotatable bonds is 15.